The van der Waals surface area contributed by atoms with Crippen LogP contribution in [0.4, 0.5) is 11.6 Å². The molecule has 1 aromatic heterocycles. The lowest BCUT2D eigenvalue weighted by molar-refractivity contribution is -0.123. The van der Waals surface area contributed by atoms with Crippen molar-refractivity contribution in [2.24, 2.45) is 0 Å². The number of carbonyl (C=O) groups is 1. The molecule has 3 N–H and O–H groups in total. The number of aromatic nitrogens is 2. The van der Waals surface area contributed by atoms with Crippen LogP contribution in [-0.2, 0) is 10.2 Å². The molecule has 1 atom stereocenters. The van der Waals surface area contributed by atoms with Crippen LogP contribution in [0, 0.1) is 6.92 Å². The summed E-state index contributed by atoms with van der Waals surface area (Å²) in [5.41, 5.74) is 0.786. The molecule has 1 fully saturated rings. The maximum atomic E-state index is 11.9. The summed E-state index contributed by atoms with van der Waals surface area (Å²) in [7, 11) is 1.85. The maximum Gasteiger partial charge on any atom is 0.242 e. The first-order valence-electron chi connectivity index (χ1n) is 7.44. The van der Waals surface area contributed by atoms with Crippen molar-refractivity contribution < 1.29 is 4.79 Å². The molecule has 6 heteroatoms. The van der Waals surface area contributed by atoms with Gasteiger partial charge in [0.15, 0.2) is 0 Å². The lowest BCUT2D eigenvalue weighted by Crippen LogP contribution is -2.44. The molecule has 0 saturated carbocycles. The van der Waals surface area contributed by atoms with E-state index in [9.17, 15) is 4.79 Å². The van der Waals surface area contributed by atoms with Crippen LogP contribution in [0.2, 0.25) is 0 Å². The second-order valence-electron chi connectivity index (χ2n) is 6.50. The van der Waals surface area contributed by atoms with Gasteiger partial charge < -0.3 is 16.0 Å². The Morgan fingerprint density at radius 2 is 1.90 bits per heavy atom. The number of piperidine rings is 1. The largest absolute Gasteiger partial charge is 0.373 e. The smallest absolute Gasteiger partial charge is 0.242 e. The molecular weight excluding hydrogens is 266 g/mol. The number of carbonyl (C=O) groups excluding carboxylic acids is 1. The zero-order valence-corrected chi connectivity index (χ0v) is 13.5. The Balaban J connectivity index is 2.35. The highest BCUT2D eigenvalue weighted by Crippen LogP contribution is 2.27. The van der Waals surface area contributed by atoms with Gasteiger partial charge in [-0.25, -0.2) is 9.97 Å². The van der Waals surface area contributed by atoms with E-state index in [1.54, 1.807) is 0 Å². The fraction of sp³-hybridized carbons (Fsp3) is 0.667. The molecule has 2 rings (SSSR count). The number of hydrogen-bond donors (Lipinski definition) is 3. The predicted molar refractivity (Wildman–Crippen MR) is 84.7 cm³/mol. The number of rotatable bonds is 3. The standard InChI is InChI=1S/C15H25N5O/c1-9-11(16-5)19-14(15(2,3)4)20-12(9)18-10-7-6-8-17-13(10)21/h10H,6-8H2,1-5H3,(H,17,21)(H2,16,18,19,20). The van der Waals surface area contributed by atoms with Crippen LogP contribution in [0.3, 0.4) is 0 Å². The molecule has 1 aliphatic heterocycles. The van der Waals surface area contributed by atoms with E-state index in [0.29, 0.717) is 0 Å². The minimum Gasteiger partial charge on any atom is -0.373 e. The predicted octanol–water partition coefficient (Wildman–Crippen LogP) is 1.81. The molecule has 1 saturated heterocycles. The molecular formula is C15H25N5O. The van der Waals surface area contributed by atoms with E-state index in [2.05, 4.69) is 46.7 Å². The van der Waals surface area contributed by atoms with Gasteiger partial charge in [0.05, 0.1) is 0 Å². The summed E-state index contributed by atoms with van der Waals surface area (Å²) in [6.07, 6.45) is 1.81. The van der Waals surface area contributed by atoms with Crippen molar-refractivity contribution in [2.75, 3.05) is 24.2 Å². The van der Waals surface area contributed by atoms with Gasteiger partial charge in [0.25, 0.3) is 0 Å². The second kappa shape index (κ2) is 5.87. The number of amides is 1. The summed E-state index contributed by atoms with van der Waals surface area (Å²) in [6.45, 7) is 8.95. The lowest BCUT2D eigenvalue weighted by Gasteiger charge is -2.26. The molecule has 116 valence electrons. The minimum atomic E-state index is -0.218. The van der Waals surface area contributed by atoms with Crippen LogP contribution in [0.25, 0.3) is 0 Å². The fourth-order valence-corrected chi connectivity index (χ4v) is 2.31. The van der Waals surface area contributed by atoms with Crippen molar-refractivity contribution in [1.29, 1.82) is 0 Å². The summed E-state index contributed by atoms with van der Waals surface area (Å²) in [5, 5.41) is 9.27. The van der Waals surface area contributed by atoms with Gasteiger partial charge in [0.2, 0.25) is 5.91 Å². The normalized spacial score (nSPS) is 19.1. The summed E-state index contributed by atoms with van der Waals surface area (Å²) in [6, 6.07) is -0.218. The summed E-state index contributed by atoms with van der Waals surface area (Å²) < 4.78 is 0. The first-order valence-corrected chi connectivity index (χ1v) is 7.44. The fourth-order valence-electron chi connectivity index (χ4n) is 2.31. The third kappa shape index (κ3) is 3.43. The molecule has 1 amide bonds. The molecule has 1 unspecified atom stereocenters. The van der Waals surface area contributed by atoms with Crippen LogP contribution in [0.1, 0.15) is 45.0 Å². The van der Waals surface area contributed by atoms with Crippen LogP contribution < -0.4 is 16.0 Å². The van der Waals surface area contributed by atoms with E-state index in [4.69, 9.17) is 0 Å². The van der Waals surface area contributed by atoms with E-state index < -0.39 is 0 Å². The molecule has 0 bridgehead atoms. The topological polar surface area (TPSA) is 78.9 Å². The molecule has 1 aromatic rings. The highest BCUT2D eigenvalue weighted by molar-refractivity contribution is 5.85. The Morgan fingerprint density at radius 1 is 1.24 bits per heavy atom. The quantitative estimate of drug-likeness (QED) is 0.791. The number of anilines is 2. The third-order valence-electron chi connectivity index (χ3n) is 3.65. The Bertz CT molecular complexity index is 536. The van der Waals surface area contributed by atoms with Crippen molar-refractivity contribution in [3.63, 3.8) is 0 Å². The highest BCUT2D eigenvalue weighted by Gasteiger charge is 2.25. The van der Waals surface area contributed by atoms with Crippen molar-refractivity contribution >= 4 is 17.5 Å². The Morgan fingerprint density at radius 3 is 2.48 bits per heavy atom. The Labute approximate surface area is 126 Å². The zero-order valence-electron chi connectivity index (χ0n) is 13.5. The van der Waals surface area contributed by atoms with E-state index in [1.807, 2.05) is 14.0 Å². The van der Waals surface area contributed by atoms with E-state index >= 15 is 0 Å². The van der Waals surface area contributed by atoms with Gasteiger partial charge >= 0.3 is 0 Å². The van der Waals surface area contributed by atoms with E-state index in [-0.39, 0.29) is 17.4 Å². The third-order valence-corrected chi connectivity index (χ3v) is 3.65. The van der Waals surface area contributed by atoms with Gasteiger partial charge in [0.1, 0.15) is 23.5 Å². The summed E-state index contributed by atoms with van der Waals surface area (Å²) >= 11 is 0. The second-order valence-corrected chi connectivity index (χ2v) is 6.50. The van der Waals surface area contributed by atoms with E-state index in [1.165, 1.54) is 0 Å². The molecule has 2 heterocycles. The Hall–Kier alpha value is -1.85. The van der Waals surface area contributed by atoms with Gasteiger partial charge in [-0.1, -0.05) is 20.8 Å². The highest BCUT2D eigenvalue weighted by atomic mass is 16.2. The molecule has 0 radical (unpaired) electrons. The van der Waals surface area contributed by atoms with Crippen molar-refractivity contribution in [1.82, 2.24) is 15.3 Å². The first-order chi connectivity index (χ1) is 9.82. The Kier molecular flexibility index (Phi) is 4.34. The molecule has 21 heavy (non-hydrogen) atoms. The van der Waals surface area contributed by atoms with Gasteiger partial charge in [-0.2, -0.15) is 0 Å². The minimum absolute atomic E-state index is 0.0441. The van der Waals surface area contributed by atoms with Crippen molar-refractivity contribution in [2.45, 2.75) is 52.0 Å². The zero-order chi connectivity index (χ0) is 15.6. The molecule has 1 aliphatic rings. The SMILES string of the molecule is CNc1nc(C(C)(C)C)nc(NC2CCCNC2=O)c1C. The average molecular weight is 291 g/mol. The van der Waals surface area contributed by atoms with Crippen molar-refractivity contribution in [3.05, 3.63) is 11.4 Å². The van der Waals surface area contributed by atoms with Gasteiger partial charge in [-0.3, -0.25) is 4.79 Å². The van der Waals surface area contributed by atoms with Gasteiger partial charge in [-0.15, -0.1) is 0 Å². The summed E-state index contributed by atoms with van der Waals surface area (Å²) in [4.78, 5) is 21.1. The first kappa shape index (κ1) is 15.5. The van der Waals surface area contributed by atoms with Crippen LogP contribution in [-0.4, -0.2) is 35.5 Å². The monoisotopic (exact) mass is 291 g/mol. The average Bonchev–Trinajstić information content (AvgIpc) is 2.42. The molecule has 6 nitrogen and oxygen atoms in total. The number of hydrogen-bond acceptors (Lipinski definition) is 5. The van der Waals surface area contributed by atoms with E-state index in [0.717, 1.165) is 42.4 Å². The number of nitrogens with zero attached hydrogens (tertiary/aromatic N) is 2. The summed E-state index contributed by atoms with van der Waals surface area (Å²) in [5.74, 6) is 2.34. The molecule has 0 spiro atoms. The van der Waals surface area contributed by atoms with Crippen LogP contribution >= 0.6 is 0 Å². The lowest BCUT2D eigenvalue weighted by atomic mass is 9.95. The van der Waals surface area contributed by atoms with Crippen LogP contribution in [0.15, 0.2) is 0 Å². The number of nitrogens with one attached hydrogen (secondary N) is 3. The maximum absolute atomic E-state index is 11.9. The van der Waals surface area contributed by atoms with Gasteiger partial charge in [-0.05, 0) is 19.8 Å². The molecule has 0 aliphatic carbocycles. The molecule has 0 aromatic carbocycles. The van der Waals surface area contributed by atoms with Gasteiger partial charge in [0, 0.05) is 24.6 Å². The van der Waals surface area contributed by atoms with Crippen molar-refractivity contribution in [3.8, 4) is 0 Å². The van der Waals surface area contributed by atoms with Crippen LogP contribution in [0.5, 0.6) is 0 Å².